The Kier molecular flexibility index (Phi) is 2.52. The molecule has 0 aliphatic carbocycles. The summed E-state index contributed by atoms with van der Waals surface area (Å²) in [5.74, 6) is 1.52. The topological polar surface area (TPSA) is 53.6 Å². The molecule has 2 N–H and O–H groups in total. The first-order chi connectivity index (χ1) is 8.72. The van der Waals surface area contributed by atoms with E-state index in [-0.39, 0.29) is 0 Å². The fourth-order valence-electron chi connectivity index (χ4n) is 2.04. The second kappa shape index (κ2) is 4.06. The summed E-state index contributed by atoms with van der Waals surface area (Å²) in [6, 6.07) is 5.59. The third kappa shape index (κ3) is 1.49. The minimum absolute atomic E-state index is 0.667. The molecule has 3 rings (SSSR count). The number of nitrogens with one attached hydrogen (secondary N) is 2. The molecular weight excluding hydrogens is 250 g/mol. The predicted octanol–water partition coefficient (Wildman–Crippen LogP) is 1.04. The molecule has 94 valence electrons. The first-order valence-electron chi connectivity index (χ1n) is 5.48. The van der Waals surface area contributed by atoms with Crippen LogP contribution in [0, 0.1) is 0 Å². The fourth-order valence-corrected chi connectivity index (χ4v) is 3.42. The normalized spacial score (nSPS) is 20.8. The molecule has 2 aliphatic rings. The van der Waals surface area contributed by atoms with Crippen LogP contribution in [0.15, 0.2) is 46.3 Å². The van der Waals surface area contributed by atoms with Crippen LogP contribution in [0.5, 0.6) is 5.75 Å². The summed E-state index contributed by atoms with van der Waals surface area (Å²) in [5, 5.41) is 6.81. The number of methoxy groups -OCH3 is 1. The van der Waals surface area contributed by atoms with Crippen molar-refractivity contribution in [1.29, 1.82) is 0 Å². The number of benzene rings is 1. The highest BCUT2D eigenvalue weighted by Crippen LogP contribution is 2.36. The van der Waals surface area contributed by atoms with Crippen LogP contribution in [0.3, 0.4) is 0 Å². The molecule has 0 saturated heterocycles. The van der Waals surface area contributed by atoms with E-state index in [1.54, 1.807) is 19.5 Å². The van der Waals surface area contributed by atoms with Gasteiger partial charge in [-0.25, -0.2) is 4.21 Å². The molecule has 18 heavy (non-hydrogen) atoms. The fraction of sp³-hybridized carbons (Fsp3) is 0.167. The molecular formula is C12H13N3O2S. The van der Waals surface area contributed by atoms with Crippen molar-refractivity contribution in [3.05, 3.63) is 41.4 Å². The highest BCUT2D eigenvalue weighted by molar-refractivity contribution is 7.89. The van der Waals surface area contributed by atoms with E-state index in [4.69, 9.17) is 4.74 Å². The van der Waals surface area contributed by atoms with Gasteiger partial charge < -0.3 is 20.3 Å². The van der Waals surface area contributed by atoms with Crippen molar-refractivity contribution in [3.63, 3.8) is 0 Å². The SMILES string of the molecule is COc1ccc2c(c1)S(=O)C1=C(NC=CN1)N2C. The van der Waals surface area contributed by atoms with Gasteiger partial charge in [-0.05, 0) is 18.2 Å². The van der Waals surface area contributed by atoms with Crippen LogP contribution in [0.4, 0.5) is 5.69 Å². The van der Waals surface area contributed by atoms with E-state index in [1.807, 2.05) is 30.1 Å². The highest BCUT2D eigenvalue weighted by Gasteiger charge is 2.29. The standard InChI is InChI=1S/C12H13N3O2S/c1-15-9-4-3-8(17-2)7-10(9)18(16)12-11(15)13-5-6-14-12/h3-7,13-14H,1-2H3. The molecule has 1 unspecified atom stereocenters. The number of anilines is 1. The van der Waals surface area contributed by atoms with Crippen LogP contribution in [-0.2, 0) is 10.8 Å². The van der Waals surface area contributed by atoms with Gasteiger partial charge in [0, 0.05) is 19.4 Å². The van der Waals surface area contributed by atoms with Crippen molar-refractivity contribution in [2.45, 2.75) is 4.90 Å². The molecule has 0 aromatic heterocycles. The van der Waals surface area contributed by atoms with Crippen LogP contribution in [0.1, 0.15) is 0 Å². The lowest BCUT2D eigenvalue weighted by molar-refractivity contribution is 0.413. The van der Waals surface area contributed by atoms with Gasteiger partial charge in [0.1, 0.15) is 22.4 Å². The molecule has 1 atom stereocenters. The smallest absolute Gasteiger partial charge is 0.150 e. The molecule has 0 bridgehead atoms. The van der Waals surface area contributed by atoms with E-state index >= 15 is 0 Å². The zero-order chi connectivity index (χ0) is 12.7. The molecule has 0 radical (unpaired) electrons. The Morgan fingerprint density at radius 2 is 2.06 bits per heavy atom. The first-order valence-corrected chi connectivity index (χ1v) is 6.63. The molecule has 5 nitrogen and oxygen atoms in total. The molecule has 1 aromatic carbocycles. The maximum Gasteiger partial charge on any atom is 0.150 e. The number of nitrogens with zero attached hydrogens (tertiary/aromatic N) is 1. The minimum atomic E-state index is -1.23. The molecule has 6 heteroatoms. The van der Waals surface area contributed by atoms with E-state index in [0.717, 1.165) is 16.4 Å². The average molecular weight is 263 g/mol. The quantitative estimate of drug-likeness (QED) is 0.793. The second-order valence-electron chi connectivity index (χ2n) is 3.96. The van der Waals surface area contributed by atoms with E-state index < -0.39 is 10.8 Å². The molecule has 0 amide bonds. The van der Waals surface area contributed by atoms with Gasteiger partial charge in [-0.3, -0.25) is 0 Å². The number of ether oxygens (including phenoxy) is 1. The van der Waals surface area contributed by atoms with Crippen LogP contribution >= 0.6 is 0 Å². The van der Waals surface area contributed by atoms with E-state index in [9.17, 15) is 4.21 Å². The van der Waals surface area contributed by atoms with Crippen LogP contribution in [0.2, 0.25) is 0 Å². The molecule has 0 saturated carbocycles. The van der Waals surface area contributed by atoms with Gasteiger partial charge in [0.05, 0.1) is 17.7 Å². The Morgan fingerprint density at radius 1 is 1.28 bits per heavy atom. The van der Waals surface area contributed by atoms with Gasteiger partial charge in [-0.2, -0.15) is 0 Å². The number of hydrogen-bond donors (Lipinski definition) is 2. The summed E-state index contributed by atoms with van der Waals surface area (Å²) in [4.78, 5) is 2.72. The maximum atomic E-state index is 12.5. The molecule has 2 aliphatic heterocycles. The average Bonchev–Trinajstić information content (AvgIpc) is 2.44. The van der Waals surface area contributed by atoms with Crippen molar-refractivity contribution < 1.29 is 8.95 Å². The predicted molar refractivity (Wildman–Crippen MR) is 70.2 cm³/mol. The van der Waals surface area contributed by atoms with E-state index in [1.165, 1.54) is 0 Å². The van der Waals surface area contributed by atoms with E-state index in [2.05, 4.69) is 10.6 Å². The molecule has 0 fully saturated rings. The summed E-state index contributed by atoms with van der Waals surface area (Å²) >= 11 is 0. The summed E-state index contributed by atoms with van der Waals surface area (Å²) in [6.45, 7) is 0. The lowest BCUT2D eigenvalue weighted by atomic mass is 10.2. The van der Waals surface area contributed by atoms with Gasteiger partial charge in [-0.1, -0.05) is 0 Å². The molecule has 2 heterocycles. The van der Waals surface area contributed by atoms with Crippen LogP contribution in [-0.4, -0.2) is 18.4 Å². The summed E-state index contributed by atoms with van der Waals surface area (Å²) in [6.07, 6.45) is 3.51. The second-order valence-corrected chi connectivity index (χ2v) is 5.35. The maximum absolute atomic E-state index is 12.5. The van der Waals surface area contributed by atoms with Crippen molar-refractivity contribution >= 4 is 16.5 Å². The van der Waals surface area contributed by atoms with Gasteiger partial charge >= 0.3 is 0 Å². The number of hydrogen-bond acceptors (Lipinski definition) is 5. The van der Waals surface area contributed by atoms with Crippen molar-refractivity contribution in [2.75, 3.05) is 19.1 Å². The van der Waals surface area contributed by atoms with Gasteiger partial charge in [0.25, 0.3) is 0 Å². The van der Waals surface area contributed by atoms with Crippen LogP contribution < -0.4 is 20.3 Å². The molecule has 1 aromatic rings. The third-order valence-electron chi connectivity index (χ3n) is 2.98. The zero-order valence-corrected chi connectivity index (χ0v) is 10.9. The Hall–Kier alpha value is -1.95. The zero-order valence-electron chi connectivity index (χ0n) is 10.1. The van der Waals surface area contributed by atoms with Crippen molar-refractivity contribution in [2.24, 2.45) is 0 Å². The highest BCUT2D eigenvalue weighted by atomic mass is 32.2. The van der Waals surface area contributed by atoms with Crippen molar-refractivity contribution in [3.8, 4) is 5.75 Å². The van der Waals surface area contributed by atoms with Gasteiger partial charge in [-0.15, -0.1) is 0 Å². The Bertz CT molecular complexity index is 595. The van der Waals surface area contributed by atoms with Crippen molar-refractivity contribution in [1.82, 2.24) is 10.6 Å². The summed E-state index contributed by atoms with van der Waals surface area (Å²) < 4.78 is 17.7. The summed E-state index contributed by atoms with van der Waals surface area (Å²) in [5.41, 5.74) is 0.914. The third-order valence-corrected chi connectivity index (χ3v) is 4.39. The summed E-state index contributed by atoms with van der Waals surface area (Å²) in [7, 11) is 2.31. The largest absolute Gasteiger partial charge is 0.497 e. The van der Waals surface area contributed by atoms with E-state index in [0.29, 0.717) is 10.8 Å². The lowest BCUT2D eigenvalue weighted by Gasteiger charge is -2.33. The number of fused-ring (bicyclic) bond motifs is 1. The minimum Gasteiger partial charge on any atom is -0.497 e. The number of rotatable bonds is 1. The van der Waals surface area contributed by atoms with Gasteiger partial charge in [0.15, 0.2) is 5.03 Å². The van der Waals surface area contributed by atoms with Crippen LogP contribution in [0.25, 0.3) is 0 Å². The Labute approximate surface area is 108 Å². The molecule has 0 spiro atoms. The Morgan fingerprint density at radius 3 is 2.83 bits per heavy atom. The first kappa shape index (κ1) is 11.2. The Balaban J connectivity index is 2.14. The van der Waals surface area contributed by atoms with Gasteiger partial charge in [0.2, 0.25) is 0 Å². The lowest BCUT2D eigenvalue weighted by Crippen LogP contribution is -2.37. The monoisotopic (exact) mass is 263 g/mol.